The second-order valence-corrected chi connectivity index (χ2v) is 6.47. The number of hydrogen-bond acceptors (Lipinski definition) is 3. The van der Waals surface area contributed by atoms with Crippen molar-refractivity contribution in [2.75, 3.05) is 5.73 Å². The molecule has 0 spiro atoms. The van der Waals surface area contributed by atoms with Gasteiger partial charge in [0.15, 0.2) is 0 Å². The molecule has 0 amide bonds. The Morgan fingerprint density at radius 3 is 2.56 bits per heavy atom. The van der Waals surface area contributed by atoms with Crippen molar-refractivity contribution in [3.05, 3.63) is 64.6 Å². The van der Waals surface area contributed by atoms with Crippen LogP contribution in [-0.2, 0) is 25.8 Å². The third-order valence-corrected chi connectivity index (χ3v) is 4.92. The fraction of sp³-hybridized carbons (Fsp3) is 0.364. The van der Waals surface area contributed by atoms with Gasteiger partial charge in [-0.2, -0.15) is 5.10 Å². The molecule has 0 radical (unpaired) electrons. The number of nitrogens with two attached hydrogens (primary N) is 1. The first-order valence-electron chi connectivity index (χ1n) is 9.75. The largest absolute Gasteiger partial charge is 0.383 e. The number of anilines is 1. The number of pyridine rings is 1. The predicted octanol–water partition coefficient (Wildman–Crippen LogP) is 4.79. The van der Waals surface area contributed by atoms with E-state index in [0.717, 1.165) is 42.6 Å². The molecule has 1 aliphatic carbocycles. The van der Waals surface area contributed by atoms with E-state index in [4.69, 9.17) is 10.8 Å². The number of aromatic nitrogens is 3. The van der Waals surface area contributed by atoms with Gasteiger partial charge in [0, 0.05) is 16.8 Å². The molecule has 27 heavy (non-hydrogen) atoms. The summed E-state index contributed by atoms with van der Waals surface area (Å²) < 4.78 is 16.0. The molecule has 0 bridgehead atoms. The molecule has 3 aromatic rings. The highest BCUT2D eigenvalue weighted by molar-refractivity contribution is 5.64. The first kappa shape index (κ1) is 19.1. The average Bonchev–Trinajstić information content (AvgIpc) is 3.29. The van der Waals surface area contributed by atoms with Crippen LogP contribution in [0.2, 0.25) is 0 Å². The van der Waals surface area contributed by atoms with Gasteiger partial charge in [0.2, 0.25) is 0 Å². The maximum Gasteiger partial charge on any atom is 0.128 e. The molecule has 1 aliphatic rings. The Bertz CT molecular complexity index is 930. The standard InChI is InChI=1S/C20H21FN4.C2H6/c1-2-13-10-11-17(23-20(13)22)19-15-7-5-9-18(15)25(24-19)12-14-6-3-4-8-16(14)21;1-2/h3-4,6,8,10-11H,2,5,7,9,12H2,1H3,(H2,22,23);1-2H3. The van der Waals surface area contributed by atoms with Crippen LogP contribution in [0.15, 0.2) is 36.4 Å². The molecule has 0 atom stereocenters. The number of nitrogen functional groups attached to an aromatic ring is 1. The summed E-state index contributed by atoms with van der Waals surface area (Å²) in [6.07, 6.45) is 3.91. The second-order valence-electron chi connectivity index (χ2n) is 6.47. The minimum Gasteiger partial charge on any atom is -0.383 e. The fourth-order valence-corrected chi connectivity index (χ4v) is 3.57. The zero-order valence-electron chi connectivity index (χ0n) is 16.3. The molecule has 0 saturated heterocycles. The third-order valence-electron chi connectivity index (χ3n) is 4.92. The van der Waals surface area contributed by atoms with E-state index in [1.54, 1.807) is 6.07 Å². The van der Waals surface area contributed by atoms with Crippen LogP contribution >= 0.6 is 0 Å². The minimum atomic E-state index is -0.194. The van der Waals surface area contributed by atoms with Crippen molar-refractivity contribution >= 4 is 5.82 Å². The predicted molar refractivity (Wildman–Crippen MR) is 108 cm³/mol. The monoisotopic (exact) mass is 366 g/mol. The minimum absolute atomic E-state index is 0.194. The van der Waals surface area contributed by atoms with Crippen molar-refractivity contribution in [1.29, 1.82) is 0 Å². The molecular formula is C22H27FN4. The first-order chi connectivity index (χ1) is 13.2. The Balaban J connectivity index is 0.00000102. The number of fused-ring (bicyclic) bond motifs is 1. The van der Waals surface area contributed by atoms with Crippen LogP contribution in [0.3, 0.4) is 0 Å². The highest BCUT2D eigenvalue weighted by Gasteiger charge is 2.24. The van der Waals surface area contributed by atoms with Crippen LogP contribution in [0.25, 0.3) is 11.4 Å². The van der Waals surface area contributed by atoms with Crippen molar-refractivity contribution < 1.29 is 4.39 Å². The summed E-state index contributed by atoms with van der Waals surface area (Å²) in [6.45, 7) is 6.51. The second kappa shape index (κ2) is 8.33. The van der Waals surface area contributed by atoms with E-state index in [-0.39, 0.29) is 5.82 Å². The Labute approximate surface area is 160 Å². The summed E-state index contributed by atoms with van der Waals surface area (Å²) in [5.74, 6) is 0.372. The van der Waals surface area contributed by atoms with Gasteiger partial charge in [-0.1, -0.05) is 45.0 Å². The van der Waals surface area contributed by atoms with Gasteiger partial charge in [-0.3, -0.25) is 4.68 Å². The number of halogens is 1. The summed E-state index contributed by atoms with van der Waals surface area (Å²) in [6, 6.07) is 10.9. The van der Waals surface area contributed by atoms with E-state index < -0.39 is 0 Å². The van der Waals surface area contributed by atoms with E-state index in [2.05, 4.69) is 11.9 Å². The van der Waals surface area contributed by atoms with Crippen molar-refractivity contribution in [1.82, 2.24) is 14.8 Å². The molecule has 4 nitrogen and oxygen atoms in total. The van der Waals surface area contributed by atoms with Crippen LogP contribution in [0.4, 0.5) is 10.2 Å². The lowest BCUT2D eigenvalue weighted by Crippen LogP contribution is -2.07. The van der Waals surface area contributed by atoms with Gasteiger partial charge < -0.3 is 5.73 Å². The van der Waals surface area contributed by atoms with Crippen LogP contribution in [-0.4, -0.2) is 14.8 Å². The summed E-state index contributed by atoms with van der Waals surface area (Å²) >= 11 is 0. The molecule has 1 aromatic carbocycles. The maximum atomic E-state index is 14.0. The van der Waals surface area contributed by atoms with Gasteiger partial charge in [-0.15, -0.1) is 0 Å². The van der Waals surface area contributed by atoms with E-state index in [1.807, 2.05) is 42.8 Å². The van der Waals surface area contributed by atoms with Crippen LogP contribution in [0.5, 0.6) is 0 Å². The molecule has 0 saturated carbocycles. The van der Waals surface area contributed by atoms with Gasteiger partial charge >= 0.3 is 0 Å². The Kier molecular flexibility index (Phi) is 5.89. The number of hydrogen-bond donors (Lipinski definition) is 1. The molecule has 142 valence electrons. The van der Waals surface area contributed by atoms with Gasteiger partial charge in [-0.25, -0.2) is 9.37 Å². The Morgan fingerprint density at radius 2 is 1.85 bits per heavy atom. The SMILES string of the molecule is CC.CCc1ccc(-c2nn(Cc3ccccc3F)c3c2CCC3)nc1N. The highest BCUT2D eigenvalue weighted by Crippen LogP contribution is 2.32. The molecule has 0 unspecified atom stereocenters. The highest BCUT2D eigenvalue weighted by atomic mass is 19.1. The molecule has 4 rings (SSSR count). The first-order valence-corrected chi connectivity index (χ1v) is 9.75. The maximum absolute atomic E-state index is 14.0. The zero-order chi connectivity index (χ0) is 19.4. The molecule has 2 heterocycles. The summed E-state index contributed by atoms with van der Waals surface area (Å²) in [7, 11) is 0. The zero-order valence-corrected chi connectivity index (χ0v) is 16.3. The van der Waals surface area contributed by atoms with E-state index in [0.29, 0.717) is 17.9 Å². The van der Waals surface area contributed by atoms with E-state index in [9.17, 15) is 4.39 Å². The average molecular weight is 366 g/mol. The lowest BCUT2D eigenvalue weighted by atomic mass is 10.1. The van der Waals surface area contributed by atoms with Gasteiger partial charge in [-0.05, 0) is 43.4 Å². The van der Waals surface area contributed by atoms with Crippen LogP contribution in [0, 0.1) is 5.82 Å². The summed E-state index contributed by atoms with van der Waals surface area (Å²) in [4.78, 5) is 4.56. The van der Waals surface area contributed by atoms with Crippen molar-refractivity contribution in [3.8, 4) is 11.4 Å². The molecule has 0 fully saturated rings. The number of aryl methyl sites for hydroxylation is 1. The Morgan fingerprint density at radius 1 is 1.07 bits per heavy atom. The van der Waals surface area contributed by atoms with E-state index in [1.165, 1.54) is 17.3 Å². The summed E-state index contributed by atoms with van der Waals surface area (Å²) in [5, 5.41) is 4.77. The molecule has 2 N–H and O–H groups in total. The third kappa shape index (κ3) is 3.72. The lowest BCUT2D eigenvalue weighted by Gasteiger charge is -2.07. The van der Waals surface area contributed by atoms with Crippen molar-refractivity contribution in [3.63, 3.8) is 0 Å². The molecule has 0 aliphatic heterocycles. The van der Waals surface area contributed by atoms with Gasteiger partial charge in [0.1, 0.15) is 17.3 Å². The van der Waals surface area contributed by atoms with Crippen LogP contribution in [0.1, 0.15) is 49.6 Å². The molecular weight excluding hydrogens is 339 g/mol. The molecule has 2 aromatic heterocycles. The number of rotatable bonds is 4. The fourth-order valence-electron chi connectivity index (χ4n) is 3.57. The normalized spacial score (nSPS) is 12.4. The number of benzene rings is 1. The van der Waals surface area contributed by atoms with Gasteiger partial charge in [0.25, 0.3) is 0 Å². The van der Waals surface area contributed by atoms with Gasteiger partial charge in [0.05, 0.1) is 12.2 Å². The van der Waals surface area contributed by atoms with Crippen molar-refractivity contribution in [2.45, 2.75) is 53.0 Å². The lowest BCUT2D eigenvalue weighted by molar-refractivity contribution is 0.576. The van der Waals surface area contributed by atoms with Crippen molar-refractivity contribution in [2.24, 2.45) is 0 Å². The smallest absolute Gasteiger partial charge is 0.128 e. The summed E-state index contributed by atoms with van der Waals surface area (Å²) in [5.41, 5.74) is 11.9. The Hall–Kier alpha value is -2.69. The van der Waals surface area contributed by atoms with Crippen LogP contribution < -0.4 is 5.73 Å². The molecule has 5 heteroatoms. The van der Waals surface area contributed by atoms with E-state index >= 15 is 0 Å². The topological polar surface area (TPSA) is 56.7 Å². The quantitative estimate of drug-likeness (QED) is 0.722. The number of nitrogens with zero attached hydrogens (tertiary/aromatic N) is 3.